The minimum absolute atomic E-state index is 0.185. The minimum atomic E-state index is -0.185. The van der Waals surface area contributed by atoms with Crippen LogP contribution < -0.4 is 0 Å². The zero-order valence-electron chi connectivity index (χ0n) is 14.9. The van der Waals surface area contributed by atoms with Crippen molar-refractivity contribution in [1.82, 2.24) is 4.57 Å². The van der Waals surface area contributed by atoms with Crippen LogP contribution in [-0.4, -0.2) is 23.0 Å². The Morgan fingerprint density at radius 2 is 1.92 bits per heavy atom. The number of unbranched alkanes of at least 4 members (excludes halogenated alkanes) is 1. The molecule has 3 rings (SSSR count). The van der Waals surface area contributed by atoms with Crippen LogP contribution in [-0.2, 0) is 24.1 Å². The number of esters is 1. The number of carbonyl (C=O) groups is 1. The third kappa shape index (κ3) is 3.77. The molecule has 1 aliphatic carbocycles. The van der Waals surface area contributed by atoms with Gasteiger partial charge in [-0.05, 0) is 56.6 Å². The second-order valence-electron chi connectivity index (χ2n) is 6.49. The Balaban J connectivity index is 2.16. The van der Waals surface area contributed by atoms with E-state index in [1.165, 1.54) is 17.7 Å². The molecule has 2 aromatic rings. The van der Waals surface area contributed by atoms with Crippen molar-refractivity contribution < 1.29 is 9.53 Å². The second kappa shape index (κ2) is 8.57. The molecule has 0 saturated heterocycles. The van der Waals surface area contributed by atoms with Gasteiger partial charge in [-0.25, -0.2) is 4.79 Å². The summed E-state index contributed by atoms with van der Waals surface area (Å²) in [5.74, 6) is 0.491. The third-order valence-corrected chi connectivity index (χ3v) is 5.13. The summed E-state index contributed by atoms with van der Waals surface area (Å²) in [6, 6.07) is 10.2. The Bertz CT molecular complexity index is 721. The van der Waals surface area contributed by atoms with Gasteiger partial charge in [-0.1, -0.05) is 30.3 Å². The molecule has 0 radical (unpaired) electrons. The summed E-state index contributed by atoms with van der Waals surface area (Å²) in [7, 11) is 0. The molecule has 1 heterocycles. The van der Waals surface area contributed by atoms with Gasteiger partial charge in [0, 0.05) is 18.1 Å². The van der Waals surface area contributed by atoms with E-state index in [1.54, 1.807) is 0 Å². The molecule has 0 bridgehead atoms. The van der Waals surface area contributed by atoms with Crippen molar-refractivity contribution in [2.45, 2.75) is 52.0 Å². The highest BCUT2D eigenvalue weighted by Gasteiger charge is 2.29. The fraction of sp³-hybridized carbons (Fsp3) is 0.476. The van der Waals surface area contributed by atoms with Crippen LogP contribution in [0.25, 0.3) is 11.3 Å². The van der Waals surface area contributed by atoms with Crippen LogP contribution >= 0.6 is 11.6 Å². The summed E-state index contributed by atoms with van der Waals surface area (Å²) in [5, 5.41) is 0. The average molecular weight is 360 g/mol. The van der Waals surface area contributed by atoms with E-state index in [4.69, 9.17) is 16.3 Å². The van der Waals surface area contributed by atoms with Gasteiger partial charge in [0.05, 0.1) is 17.9 Å². The Morgan fingerprint density at radius 3 is 2.64 bits per heavy atom. The van der Waals surface area contributed by atoms with Crippen LogP contribution in [0.15, 0.2) is 30.3 Å². The largest absolute Gasteiger partial charge is 0.462 e. The Hall–Kier alpha value is -1.74. The van der Waals surface area contributed by atoms with Crippen molar-refractivity contribution in [2.75, 3.05) is 12.5 Å². The number of alkyl halides is 1. The minimum Gasteiger partial charge on any atom is -0.462 e. The lowest BCUT2D eigenvalue weighted by molar-refractivity contribution is 0.0526. The molecule has 0 saturated carbocycles. The molecule has 1 aromatic heterocycles. The van der Waals surface area contributed by atoms with Crippen molar-refractivity contribution in [2.24, 2.45) is 0 Å². The predicted molar refractivity (Wildman–Crippen MR) is 102 cm³/mol. The highest BCUT2D eigenvalue weighted by molar-refractivity contribution is 6.17. The lowest BCUT2D eigenvalue weighted by Crippen LogP contribution is -2.10. The molecule has 0 atom stereocenters. The second-order valence-corrected chi connectivity index (χ2v) is 6.87. The summed E-state index contributed by atoms with van der Waals surface area (Å²) in [4.78, 5) is 12.8. The number of carbonyl (C=O) groups excluding carboxylic acids is 1. The molecule has 0 fully saturated rings. The van der Waals surface area contributed by atoms with E-state index in [0.717, 1.165) is 55.5 Å². The van der Waals surface area contributed by atoms with Crippen molar-refractivity contribution in [1.29, 1.82) is 0 Å². The number of rotatable bonds is 7. The van der Waals surface area contributed by atoms with Crippen LogP contribution in [0.5, 0.6) is 0 Å². The first-order valence-corrected chi connectivity index (χ1v) is 9.84. The van der Waals surface area contributed by atoms with Gasteiger partial charge in [0.25, 0.3) is 0 Å². The Morgan fingerprint density at radius 1 is 1.16 bits per heavy atom. The van der Waals surface area contributed by atoms with Crippen molar-refractivity contribution in [3.05, 3.63) is 47.2 Å². The molecule has 1 aliphatic rings. The smallest absolute Gasteiger partial charge is 0.340 e. The predicted octanol–water partition coefficient (Wildman–Crippen LogP) is 5.23. The number of hydrogen-bond donors (Lipinski definition) is 0. The fourth-order valence-electron chi connectivity index (χ4n) is 3.80. The standard InChI is InChI=1S/C21H26ClNO2/c1-2-25-21(24)19-17-12-6-7-13-18(17)23(15-9-8-14-22)20(19)16-10-4-3-5-11-16/h3-5,10-11H,2,6-9,12-15H2,1H3. The highest BCUT2D eigenvalue weighted by atomic mass is 35.5. The summed E-state index contributed by atoms with van der Waals surface area (Å²) in [6.45, 7) is 3.17. The maximum absolute atomic E-state index is 12.8. The lowest BCUT2D eigenvalue weighted by Gasteiger charge is -2.17. The molecule has 0 unspecified atom stereocenters. The van der Waals surface area contributed by atoms with Gasteiger partial charge in [0.1, 0.15) is 0 Å². The first kappa shape index (κ1) is 18.1. The summed E-state index contributed by atoms with van der Waals surface area (Å²) in [6.07, 6.45) is 6.33. The van der Waals surface area contributed by atoms with E-state index in [9.17, 15) is 4.79 Å². The number of aromatic nitrogens is 1. The van der Waals surface area contributed by atoms with Gasteiger partial charge in [-0.15, -0.1) is 11.6 Å². The van der Waals surface area contributed by atoms with E-state index in [1.807, 2.05) is 25.1 Å². The third-order valence-electron chi connectivity index (χ3n) is 4.87. The lowest BCUT2D eigenvalue weighted by atomic mass is 9.93. The number of ether oxygens (including phenoxy) is 1. The van der Waals surface area contributed by atoms with Gasteiger partial charge >= 0.3 is 5.97 Å². The van der Waals surface area contributed by atoms with E-state index in [-0.39, 0.29) is 5.97 Å². The maximum atomic E-state index is 12.8. The van der Waals surface area contributed by atoms with Crippen LogP contribution in [0.2, 0.25) is 0 Å². The molecule has 0 N–H and O–H groups in total. The number of fused-ring (bicyclic) bond motifs is 1. The summed E-state index contributed by atoms with van der Waals surface area (Å²) < 4.78 is 7.79. The van der Waals surface area contributed by atoms with Gasteiger partial charge in [0.2, 0.25) is 0 Å². The van der Waals surface area contributed by atoms with E-state index < -0.39 is 0 Å². The highest BCUT2D eigenvalue weighted by Crippen LogP contribution is 2.37. The van der Waals surface area contributed by atoms with Gasteiger partial charge in [-0.3, -0.25) is 0 Å². The molecular weight excluding hydrogens is 334 g/mol. The van der Waals surface area contributed by atoms with E-state index in [2.05, 4.69) is 16.7 Å². The SMILES string of the molecule is CCOC(=O)c1c2c(n(CCCCCl)c1-c1ccccc1)CCCC2. The van der Waals surface area contributed by atoms with Gasteiger partial charge < -0.3 is 9.30 Å². The van der Waals surface area contributed by atoms with Crippen LogP contribution in [0, 0.1) is 0 Å². The molecule has 134 valence electrons. The van der Waals surface area contributed by atoms with Crippen molar-refractivity contribution in [3.8, 4) is 11.3 Å². The first-order chi connectivity index (χ1) is 12.3. The fourth-order valence-corrected chi connectivity index (χ4v) is 3.99. The van der Waals surface area contributed by atoms with Crippen molar-refractivity contribution in [3.63, 3.8) is 0 Å². The Kier molecular flexibility index (Phi) is 6.19. The van der Waals surface area contributed by atoms with Gasteiger partial charge in [-0.2, -0.15) is 0 Å². The molecule has 0 amide bonds. The first-order valence-electron chi connectivity index (χ1n) is 9.30. The summed E-state index contributed by atoms with van der Waals surface area (Å²) in [5.41, 5.74) is 5.43. The van der Waals surface area contributed by atoms with Gasteiger partial charge in [0.15, 0.2) is 0 Å². The van der Waals surface area contributed by atoms with Crippen molar-refractivity contribution >= 4 is 17.6 Å². The average Bonchev–Trinajstić information content (AvgIpc) is 2.97. The molecule has 3 nitrogen and oxygen atoms in total. The monoisotopic (exact) mass is 359 g/mol. The van der Waals surface area contributed by atoms with Crippen LogP contribution in [0.3, 0.4) is 0 Å². The zero-order chi connectivity index (χ0) is 17.6. The topological polar surface area (TPSA) is 31.2 Å². The van der Waals surface area contributed by atoms with E-state index in [0.29, 0.717) is 12.5 Å². The molecule has 25 heavy (non-hydrogen) atoms. The summed E-state index contributed by atoms with van der Waals surface area (Å²) >= 11 is 5.88. The molecule has 4 heteroatoms. The number of benzene rings is 1. The molecular formula is C21H26ClNO2. The quantitative estimate of drug-likeness (QED) is 0.385. The molecule has 1 aromatic carbocycles. The number of hydrogen-bond acceptors (Lipinski definition) is 2. The Labute approximate surface area is 154 Å². The number of nitrogens with zero attached hydrogens (tertiary/aromatic N) is 1. The molecule has 0 aliphatic heterocycles. The number of halogens is 1. The van der Waals surface area contributed by atoms with Crippen LogP contribution in [0.1, 0.15) is 54.2 Å². The maximum Gasteiger partial charge on any atom is 0.340 e. The molecule has 0 spiro atoms. The van der Waals surface area contributed by atoms with Crippen LogP contribution in [0.4, 0.5) is 0 Å². The normalized spacial score (nSPS) is 13.5. The van der Waals surface area contributed by atoms with E-state index >= 15 is 0 Å². The zero-order valence-corrected chi connectivity index (χ0v) is 15.6.